The molecule has 1 atom stereocenters. The molecule has 6 heteroatoms. The molecule has 1 aromatic heterocycles. The Morgan fingerprint density at radius 1 is 1.70 bits per heavy atom. The predicted octanol–water partition coefficient (Wildman–Crippen LogP) is -1.36. The average molecular weight is 205 g/mol. The average Bonchev–Trinajstić information content (AvgIpc) is 2.13. The molecular weight excluding hydrogens is 203 g/mol. The van der Waals surface area contributed by atoms with Crippen molar-refractivity contribution in [1.29, 1.82) is 0 Å². The molecule has 0 N–H and O–H groups in total. The second kappa shape index (κ2) is 4.87. The second-order valence-corrected chi connectivity index (χ2v) is 3.75. The fourth-order valence-corrected chi connectivity index (χ4v) is 2.08. The van der Waals surface area contributed by atoms with Crippen molar-refractivity contribution < 1.29 is 38.3 Å². The zero-order chi connectivity index (χ0) is 6.85. The van der Waals surface area contributed by atoms with Crippen LogP contribution in [0, 0.1) is 0 Å². The van der Waals surface area contributed by atoms with Crippen LogP contribution in [0.3, 0.4) is 0 Å². The number of hydrogen-bond acceptors (Lipinski definition) is 3. The van der Waals surface area contributed by atoms with E-state index >= 15 is 0 Å². The van der Waals surface area contributed by atoms with Gasteiger partial charge < -0.3 is 4.55 Å². The van der Waals surface area contributed by atoms with Gasteiger partial charge in [-0.1, -0.05) is 11.6 Å². The van der Waals surface area contributed by atoms with Gasteiger partial charge in [-0.3, -0.25) is 4.21 Å². The molecule has 0 fully saturated rings. The first-order chi connectivity index (χ1) is 4.22. The van der Waals surface area contributed by atoms with Crippen molar-refractivity contribution in [2.75, 3.05) is 0 Å². The monoisotopic (exact) mass is 204 g/mol. The van der Waals surface area contributed by atoms with Gasteiger partial charge in [0.15, 0.2) is 0 Å². The quantitative estimate of drug-likeness (QED) is 0.419. The van der Waals surface area contributed by atoms with Gasteiger partial charge in [-0.2, -0.15) is 0 Å². The molecule has 0 aromatic carbocycles. The van der Waals surface area contributed by atoms with Crippen LogP contribution in [0.15, 0.2) is 15.7 Å². The standard InChI is InChI=1S/C4H3ClO2S2.Na/c5-3-1-2-8-4(3)9(6)7;/h1-2H,(H,6,7);/q;+1/p-1. The summed E-state index contributed by atoms with van der Waals surface area (Å²) in [7, 11) is 0. The van der Waals surface area contributed by atoms with E-state index in [4.69, 9.17) is 11.6 Å². The van der Waals surface area contributed by atoms with E-state index in [0.717, 1.165) is 11.3 Å². The summed E-state index contributed by atoms with van der Waals surface area (Å²) in [6.45, 7) is 0. The third kappa shape index (κ3) is 2.62. The second-order valence-electron chi connectivity index (χ2n) is 1.29. The van der Waals surface area contributed by atoms with E-state index in [1.807, 2.05) is 0 Å². The SMILES string of the molecule is O=S([O-])c1sccc1Cl.[Na+]. The molecule has 1 unspecified atom stereocenters. The number of rotatable bonds is 1. The molecule has 1 heterocycles. The van der Waals surface area contributed by atoms with Crippen LogP contribution in [-0.4, -0.2) is 8.76 Å². The topological polar surface area (TPSA) is 40.1 Å². The Kier molecular flexibility index (Phi) is 5.41. The summed E-state index contributed by atoms with van der Waals surface area (Å²) in [6, 6.07) is 1.55. The molecule has 0 saturated heterocycles. The van der Waals surface area contributed by atoms with Crippen LogP contribution in [0.5, 0.6) is 0 Å². The summed E-state index contributed by atoms with van der Waals surface area (Å²) in [5.41, 5.74) is 0. The van der Waals surface area contributed by atoms with Gasteiger partial charge in [0.25, 0.3) is 0 Å². The third-order valence-corrected chi connectivity index (χ3v) is 3.20. The van der Waals surface area contributed by atoms with Crippen molar-refractivity contribution in [2.45, 2.75) is 4.21 Å². The number of halogens is 1. The van der Waals surface area contributed by atoms with Gasteiger partial charge in [0.1, 0.15) is 0 Å². The van der Waals surface area contributed by atoms with E-state index < -0.39 is 11.1 Å². The molecule has 0 spiro atoms. The molecule has 0 aliphatic heterocycles. The summed E-state index contributed by atoms with van der Waals surface area (Å²) in [4.78, 5) is 0. The summed E-state index contributed by atoms with van der Waals surface area (Å²) >= 11 is 4.39. The third-order valence-electron chi connectivity index (χ3n) is 0.736. The minimum Gasteiger partial charge on any atom is -0.768 e. The van der Waals surface area contributed by atoms with Crippen LogP contribution in [0.4, 0.5) is 0 Å². The predicted molar refractivity (Wildman–Crippen MR) is 36.5 cm³/mol. The molecule has 10 heavy (non-hydrogen) atoms. The Morgan fingerprint density at radius 2 is 2.30 bits per heavy atom. The van der Waals surface area contributed by atoms with E-state index in [-0.39, 0.29) is 33.8 Å². The minimum atomic E-state index is -2.17. The molecular formula is C4H2ClNaO2S2. The van der Waals surface area contributed by atoms with E-state index in [1.165, 1.54) is 0 Å². The fraction of sp³-hybridized carbons (Fsp3) is 0. The molecule has 1 aromatic rings. The van der Waals surface area contributed by atoms with Gasteiger partial charge in [0.05, 0.1) is 9.23 Å². The molecule has 1 rings (SSSR count). The van der Waals surface area contributed by atoms with Crippen molar-refractivity contribution in [3.8, 4) is 0 Å². The summed E-state index contributed by atoms with van der Waals surface area (Å²) in [5, 5.41) is 1.93. The Bertz CT molecular complexity index is 237. The van der Waals surface area contributed by atoms with Crippen LogP contribution < -0.4 is 29.6 Å². The maximum absolute atomic E-state index is 10.2. The van der Waals surface area contributed by atoms with Crippen LogP contribution in [0.2, 0.25) is 5.02 Å². The normalized spacial score (nSPS) is 12.2. The summed E-state index contributed by atoms with van der Waals surface area (Å²) in [5.74, 6) is 0. The first-order valence-electron chi connectivity index (χ1n) is 2.04. The van der Waals surface area contributed by atoms with Gasteiger partial charge in [-0.05, 0) is 22.5 Å². The van der Waals surface area contributed by atoms with Crippen molar-refractivity contribution in [3.63, 3.8) is 0 Å². The van der Waals surface area contributed by atoms with Gasteiger partial charge in [-0.25, -0.2) is 0 Å². The molecule has 2 nitrogen and oxygen atoms in total. The van der Waals surface area contributed by atoms with Gasteiger partial charge in [-0.15, -0.1) is 11.3 Å². The maximum atomic E-state index is 10.2. The summed E-state index contributed by atoms with van der Waals surface area (Å²) in [6.07, 6.45) is 0. The van der Waals surface area contributed by atoms with E-state index in [0.29, 0.717) is 5.02 Å². The maximum Gasteiger partial charge on any atom is 1.00 e. The zero-order valence-electron chi connectivity index (χ0n) is 5.17. The Labute approximate surface area is 92.2 Å². The van der Waals surface area contributed by atoms with Gasteiger partial charge >= 0.3 is 29.6 Å². The molecule has 50 valence electrons. The van der Waals surface area contributed by atoms with Crippen LogP contribution >= 0.6 is 22.9 Å². The van der Waals surface area contributed by atoms with Crippen molar-refractivity contribution in [3.05, 3.63) is 16.5 Å². The molecule has 0 amide bonds. The molecule has 0 aliphatic rings. The first kappa shape index (κ1) is 11.1. The minimum absolute atomic E-state index is 0. The van der Waals surface area contributed by atoms with Crippen LogP contribution in [0.25, 0.3) is 0 Å². The van der Waals surface area contributed by atoms with E-state index in [9.17, 15) is 8.76 Å². The van der Waals surface area contributed by atoms with Crippen molar-refractivity contribution >= 4 is 34.0 Å². The fourth-order valence-electron chi connectivity index (χ4n) is 0.399. The zero-order valence-corrected chi connectivity index (χ0v) is 9.55. The summed E-state index contributed by atoms with van der Waals surface area (Å²) < 4.78 is 20.6. The van der Waals surface area contributed by atoms with Crippen molar-refractivity contribution in [2.24, 2.45) is 0 Å². The molecule has 0 bridgehead atoms. The Morgan fingerprint density at radius 3 is 2.50 bits per heavy atom. The Hall–Kier alpha value is 1.10. The first-order valence-corrected chi connectivity index (χ1v) is 4.37. The molecule has 0 radical (unpaired) electrons. The van der Waals surface area contributed by atoms with E-state index in [1.54, 1.807) is 11.4 Å². The number of hydrogen-bond donors (Lipinski definition) is 0. The van der Waals surface area contributed by atoms with Gasteiger partial charge in [0.2, 0.25) is 0 Å². The van der Waals surface area contributed by atoms with E-state index in [2.05, 4.69) is 0 Å². The van der Waals surface area contributed by atoms with Gasteiger partial charge in [0, 0.05) is 0 Å². The van der Waals surface area contributed by atoms with Crippen LogP contribution in [0.1, 0.15) is 0 Å². The largest absolute Gasteiger partial charge is 1.00 e. The Balaban J connectivity index is 0.000000810. The van der Waals surface area contributed by atoms with Crippen molar-refractivity contribution in [1.82, 2.24) is 0 Å². The molecule has 0 saturated carbocycles. The smallest absolute Gasteiger partial charge is 0.768 e. The number of thiophene rings is 1. The van der Waals surface area contributed by atoms with Crippen LogP contribution in [-0.2, 0) is 11.1 Å². The molecule has 0 aliphatic carbocycles.